The van der Waals surface area contributed by atoms with Gasteiger partial charge in [0.2, 0.25) is 0 Å². The Morgan fingerprint density at radius 2 is 1.91 bits per heavy atom. The Balaban J connectivity index is 1.33. The van der Waals surface area contributed by atoms with Gasteiger partial charge in [-0.2, -0.15) is 0 Å². The Bertz CT molecular complexity index is 1730. The number of hydrogen-bond acceptors (Lipinski definition) is 16. The van der Waals surface area contributed by atoms with Crippen LogP contribution in [0.5, 0.6) is 0 Å². The zero-order chi connectivity index (χ0) is 32.5. The summed E-state index contributed by atoms with van der Waals surface area (Å²) in [6.07, 6.45) is -2.85. The van der Waals surface area contributed by atoms with Gasteiger partial charge in [0.15, 0.2) is 17.7 Å². The van der Waals surface area contributed by atoms with Gasteiger partial charge in [0.1, 0.15) is 55.2 Å². The van der Waals surface area contributed by atoms with Gasteiger partial charge in [0.25, 0.3) is 5.56 Å². The first-order chi connectivity index (χ1) is 21.4. The number of fused-ring (bicyclic) bond motifs is 1. The van der Waals surface area contributed by atoms with Crippen molar-refractivity contribution >= 4 is 47.4 Å². The van der Waals surface area contributed by atoms with Gasteiger partial charge in [-0.25, -0.2) is 19.7 Å². The van der Waals surface area contributed by atoms with E-state index in [1.165, 1.54) is 39.8 Å². The average Bonchev–Trinajstić information content (AvgIpc) is 3.66. The van der Waals surface area contributed by atoms with Gasteiger partial charge in [-0.05, 0) is 11.8 Å². The molecule has 0 radical (unpaired) electrons. The molecule has 0 aliphatic carbocycles. The largest absolute Gasteiger partial charge is 0.463 e. The molecule has 0 spiro atoms. The summed E-state index contributed by atoms with van der Waals surface area (Å²) < 4.78 is 42.3. The molecule has 19 nitrogen and oxygen atoms in total. The van der Waals surface area contributed by atoms with Gasteiger partial charge in [-0.1, -0.05) is 0 Å². The summed E-state index contributed by atoms with van der Waals surface area (Å²) in [5, 5.41) is 0. The standard InChI is InChI=1S/C24H30N7O12PS/c1-11(32)38-7-15-19(20(37-3)23(42-15)30-5-4-16(34)29-24(30)35)43-44(36,45)39-8-14-13(40-12(2)33)6-17(41-14)31-10-28-18-21(25)26-9-27-22(18)31/h4-5,9-10,13-15,17,19-20,23H,6-8H2,1-3H3,(H,36,45)(H2,25,26,27)(H,29,34,35)/t13-,14-,15-,17-,19+,20?,23-,44?/m1/s1. The molecule has 244 valence electrons. The maximum Gasteiger partial charge on any atom is 0.330 e. The number of hydrogen-bond donors (Lipinski definition) is 3. The molecule has 0 bridgehead atoms. The molecule has 2 saturated heterocycles. The highest BCUT2D eigenvalue weighted by Crippen LogP contribution is 2.50. The zero-order valence-corrected chi connectivity index (χ0v) is 25.8. The molecule has 21 heteroatoms. The summed E-state index contributed by atoms with van der Waals surface area (Å²) in [4.78, 5) is 73.1. The Morgan fingerprint density at radius 1 is 1.13 bits per heavy atom. The van der Waals surface area contributed by atoms with E-state index in [0.29, 0.717) is 11.2 Å². The minimum atomic E-state index is -4.14. The second kappa shape index (κ2) is 13.4. The van der Waals surface area contributed by atoms with Crippen LogP contribution < -0.4 is 17.0 Å². The van der Waals surface area contributed by atoms with E-state index in [4.69, 9.17) is 50.3 Å². The Labute approximate surface area is 258 Å². The lowest BCUT2D eigenvalue weighted by molar-refractivity contribution is -0.150. The summed E-state index contributed by atoms with van der Waals surface area (Å²) in [5.41, 5.74) is 5.22. The first-order valence-corrected chi connectivity index (χ1v) is 16.0. The minimum Gasteiger partial charge on any atom is -0.463 e. The van der Waals surface area contributed by atoms with E-state index >= 15 is 0 Å². The van der Waals surface area contributed by atoms with Crippen LogP contribution in [-0.2, 0) is 54.1 Å². The number of rotatable bonds is 11. The normalized spacial score (nSPS) is 27.8. The van der Waals surface area contributed by atoms with Crippen molar-refractivity contribution in [2.75, 3.05) is 26.1 Å². The number of anilines is 1. The van der Waals surface area contributed by atoms with Gasteiger partial charge in [-0.3, -0.25) is 33.0 Å². The Morgan fingerprint density at radius 3 is 2.60 bits per heavy atom. The second-order valence-electron chi connectivity index (χ2n) is 10.0. The fraction of sp³-hybridized carbons (Fsp3) is 0.542. The fourth-order valence-electron chi connectivity index (χ4n) is 5.06. The number of nitrogens with two attached hydrogens (primary N) is 1. The van der Waals surface area contributed by atoms with Crippen LogP contribution >= 0.6 is 6.72 Å². The first kappa shape index (κ1) is 32.8. The number of aromatic amines is 1. The Kier molecular flexibility index (Phi) is 9.75. The third kappa shape index (κ3) is 7.28. The topological polar surface area (TPSA) is 243 Å². The van der Waals surface area contributed by atoms with E-state index in [9.17, 15) is 24.1 Å². The SMILES string of the molecule is COC1[C@@H](OP(O)(=S)OC[C@H]2O[C@@H](n3cnc4c(N)ncnc43)C[C@H]2OC(C)=O)[C@@H](COC(C)=O)O[C@H]1n1ccc(=O)[nH]c1=O. The summed E-state index contributed by atoms with van der Waals surface area (Å²) in [6.45, 7) is -2.43. The van der Waals surface area contributed by atoms with E-state index < -0.39 is 72.9 Å². The number of carbonyl (C=O) groups excluding carboxylic acids is 2. The van der Waals surface area contributed by atoms with E-state index in [0.717, 1.165) is 10.6 Å². The number of esters is 2. The summed E-state index contributed by atoms with van der Waals surface area (Å²) >= 11 is 5.29. The molecule has 8 atom stereocenters. The summed E-state index contributed by atoms with van der Waals surface area (Å²) in [6, 6.07) is 1.11. The molecule has 5 heterocycles. The molecule has 3 aromatic heterocycles. The number of methoxy groups -OCH3 is 1. The highest BCUT2D eigenvalue weighted by molar-refractivity contribution is 8.07. The molecular weight excluding hydrogens is 641 g/mol. The third-order valence-corrected chi connectivity index (χ3v) is 8.55. The van der Waals surface area contributed by atoms with Crippen LogP contribution in [0, 0.1) is 0 Å². The van der Waals surface area contributed by atoms with Crippen molar-refractivity contribution in [3.05, 3.63) is 45.8 Å². The van der Waals surface area contributed by atoms with E-state index in [-0.39, 0.29) is 25.5 Å². The van der Waals surface area contributed by atoms with Crippen LogP contribution in [-0.4, -0.2) is 96.7 Å². The summed E-state index contributed by atoms with van der Waals surface area (Å²) in [5.74, 6) is -1.02. The lowest BCUT2D eigenvalue weighted by Crippen LogP contribution is -2.40. The predicted molar refractivity (Wildman–Crippen MR) is 154 cm³/mol. The van der Waals surface area contributed by atoms with E-state index in [1.807, 2.05) is 0 Å². The van der Waals surface area contributed by atoms with E-state index in [1.54, 1.807) is 4.57 Å². The van der Waals surface area contributed by atoms with Crippen LogP contribution in [0.1, 0.15) is 32.7 Å². The highest BCUT2D eigenvalue weighted by atomic mass is 32.5. The van der Waals surface area contributed by atoms with Crippen LogP contribution in [0.2, 0.25) is 0 Å². The number of carbonyl (C=O) groups is 2. The van der Waals surface area contributed by atoms with Crippen LogP contribution in [0.3, 0.4) is 0 Å². The molecule has 2 aliphatic rings. The van der Waals surface area contributed by atoms with Crippen molar-refractivity contribution in [3.63, 3.8) is 0 Å². The molecular formula is C24H30N7O12PS. The van der Waals surface area contributed by atoms with Gasteiger partial charge in [-0.15, -0.1) is 0 Å². The lowest BCUT2D eigenvalue weighted by atomic mass is 10.1. The predicted octanol–water partition coefficient (Wildman–Crippen LogP) is -0.728. The maximum absolute atomic E-state index is 12.5. The minimum absolute atomic E-state index is 0.177. The van der Waals surface area contributed by atoms with Gasteiger partial charge in [0, 0.05) is 39.6 Å². The zero-order valence-electron chi connectivity index (χ0n) is 24.1. The van der Waals surface area contributed by atoms with Gasteiger partial charge < -0.3 is 38.8 Å². The summed E-state index contributed by atoms with van der Waals surface area (Å²) in [7, 11) is 1.30. The van der Waals surface area contributed by atoms with Crippen molar-refractivity contribution in [2.45, 2.75) is 63.2 Å². The number of nitrogens with one attached hydrogen (secondary N) is 1. The van der Waals surface area contributed by atoms with Crippen LogP contribution in [0.25, 0.3) is 11.2 Å². The van der Waals surface area contributed by atoms with E-state index in [2.05, 4.69) is 19.9 Å². The molecule has 2 aliphatic heterocycles. The quantitative estimate of drug-likeness (QED) is 0.168. The fourth-order valence-corrected chi connectivity index (χ4v) is 6.50. The molecule has 5 rings (SSSR count). The van der Waals surface area contributed by atoms with Crippen molar-refractivity contribution in [1.82, 2.24) is 29.1 Å². The smallest absolute Gasteiger partial charge is 0.330 e. The molecule has 0 saturated carbocycles. The second-order valence-corrected chi connectivity index (χ2v) is 12.8. The number of nitrogen functional groups attached to an aromatic ring is 1. The van der Waals surface area contributed by atoms with Crippen LogP contribution in [0.15, 0.2) is 34.5 Å². The molecule has 45 heavy (non-hydrogen) atoms. The monoisotopic (exact) mass is 671 g/mol. The lowest BCUT2D eigenvalue weighted by Gasteiger charge is -2.28. The van der Waals surface area contributed by atoms with Gasteiger partial charge >= 0.3 is 24.3 Å². The molecule has 0 aromatic carbocycles. The van der Waals surface area contributed by atoms with Crippen LogP contribution in [0.4, 0.5) is 5.82 Å². The number of imidazole rings is 1. The Hall–Kier alpha value is -3.62. The third-order valence-electron chi connectivity index (χ3n) is 6.99. The van der Waals surface area contributed by atoms with Crippen molar-refractivity contribution in [1.29, 1.82) is 0 Å². The maximum atomic E-state index is 12.5. The molecule has 2 fully saturated rings. The molecule has 2 unspecified atom stereocenters. The molecule has 0 amide bonds. The number of ether oxygens (including phenoxy) is 5. The van der Waals surface area contributed by atoms with Crippen molar-refractivity contribution < 1.29 is 47.2 Å². The average molecular weight is 672 g/mol. The molecule has 3 aromatic rings. The van der Waals surface area contributed by atoms with Crippen molar-refractivity contribution in [3.8, 4) is 0 Å². The first-order valence-electron chi connectivity index (χ1n) is 13.4. The van der Waals surface area contributed by atoms with Crippen molar-refractivity contribution in [2.24, 2.45) is 0 Å². The highest BCUT2D eigenvalue weighted by Gasteiger charge is 2.50. The number of aromatic nitrogens is 6. The number of H-pyrrole nitrogens is 1. The molecule has 4 N–H and O–H groups in total. The van der Waals surface area contributed by atoms with Gasteiger partial charge in [0.05, 0.1) is 12.9 Å². The number of nitrogens with zero attached hydrogens (tertiary/aromatic N) is 5.